The average molecular weight is 253 g/mol. The lowest BCUT2D eigenvalue weighted by Crippen LogP contribution is -1.96. The van der Waals surface area contributed by atoms with Gasteiger partial charge in [-0.05, 0) is 18.2 Å². The monoisotopic (exact) mass is 252 g/mol. The molecule has 1 aromatic carbocycles. The molecule has 0 amide bonds. The van der Waals surface area contributed by atoms with Crippen molar-refractivity contribution in [2.75, 3.05) is 7.11 Å². The number of hydrogen-bond acceptors (Lipinski definition) is 3. The smallest absolute Gasteiger partial charge is 0.339 e. The molecule has 0 unspecified atom stereocenters. The fourth-order valence-electron chi connectivity index (χ4n) is 1.49. The van der Waals surface area contributed by atoms with Crippen LogP contribution >= 0.6 is 11.6 Å². The van der Waals surface area contributed by atoms with Crippen molar-refractivity contribution >= 4 is 17.6 Å². The van der Waals surface area contributed by atoms with Crippen molar-refractivity contribution in [3.8, 4) is 17.0 Å². The minimum Gasteiger partial charge on any atom is -0.495 e. The summed E-state index contributed by atoms with van der Waals surface area (Å²) in [4.78, 5) is 10.9. The molecule has 0 fully saturated rings. The van der Waals surface area contributed by atoms with Crippen molar-refractivity contribution in [2.45, 2.75) is 0 Å². The number of aromatic amines is 1. The molecular formula is C11H9ClN2O3. The minimum absolute atomic E-state index is 0.103. The maximum Gasteiger partial charge on any atom is 0.339 e. The number of aromatic nitrogens is 2. The summed E-state index contributed by atoms with van der Waals surface area (Å²) in [5.41, 5.74) is 1.17. The lowest BCUT2D eigenvalue weighted by atomic mass is 10.1. The Labute approximate surface area is 102 Å². The number of ether oxygens (including phenoxy) is 1. The number of nitrogens with one attached hydrogen (secondary N) is 1. The summed E-state index contributed by atoms with van der Waals surface area (Å²) in [6, 6.07) is 5.01. The SMILES string of the molecule is COc1ccc(-c2[nH]ncc2C(=O)O)cc1Cl. The Hall–Kier alpha value is -2.01. The third kappa shape index (κ3) is 2.09. The van der Waals surface area contributed by atoms with Gasteiger partial charge in [0.15, 0.2) is 0 Å². The lowest BCUT2D eigenvalue weighted by Gasteiger charge is -2.05. The largest absolute Gasteiger partial charge is 0.495 e. The molecule has 17 heavy (non-hydrogen) atoms. The molecule has 0 radical (unpaired) electrons. The van der Waals surface area contributed by atoms with Crippen LogP contribution in [0, 0.1) is 0 Å². The molecule has 0 aliphatic rings. The van der Waals surface area contributed by atoms with Gasteiger partial charge in [-0.2, -0.15) is 5.10 Å². The number of carboxylic acid groups (broad SMARTS) is 1. The zero-order valence-corrected chi connectivity index (χ0v) is 9.65. The first-order valence-electron chi connectivity index (χ1n) is 4.74. The van der Waals surface area contributed by atoms with Gasteiger partial charge in [0.05, 0.1) is 24.0 Å². The fraction of sp³-hybridized carbons (Fsp3) is 0.0909. The van der Waals surface area contributed by atoms with Crippen LogP contribution in [0.2, 0.25) is 5.02 Å². The molecule has 1 heterocycles. The van der Waals surface area contributed by atoms with E-state index in [-0.39, 0.29) is 5.56 Å². The number of benzene rings is 1. The minimum atomic E-state index is -1.04. The predicted octanol–water partition coefficient (Wildman–Crippen LogP) is 2.44. The van der Waals surface area contributed by atoms with Gasteiger partial charge in [0.25, 0.3) is 0 Å². The summed E-state index contributed by atoms with van der Waals surface area (Å²) in [5.74, 6) is -0.507. The predicted molar refractivity (Wildman–Crippen MR) is 62.5 cm³/mol. The van der Waals surface area contributed by atoms with Crippen LogP contribution in [0.25, 0.3) is 11.3 Å². The Balaban J connectivity index is 2.50. The number of rotatable bonds is 3. The second kappa shape index (κ2) is 4.47. The molecule has 5 nitrogen and oxygen atoms in total. The van der Waals surface area contributed by atoms with Crippen LogP contribution in [0.15, 0.2) is 24.4 Å². The van der Waals surface area contributed by atoms with E-state index >= 15 is 0 Å². The van der Waals surface area contributed by atoms with Crippen LogP contribution in [-0.4, -0.2) is 28.4 Å². The van der Waals surface area contributed by atoms with Crippen LogP contribution in [-0.2, 0) is 0 Å². The van der Waals surface area contributed by atoms with Crippen molar-refractivity contribution in [3.63, 3.8) is 0 Å². The van der Waals surface area contributed by atoms with E-state index in [0.717, 1.165) is 0 Å². The van der Waals surface area contributed by atoms with E-state index < -0.39 is 5.97 Å². The normalized spacial score (nSPS) is 10.2. The number of carbonyl (C=O) groups is 1. The van der Waals surface area contributed by atoms with Crippen molar-refractivity contribution < 1.29 is 14.6 Å². The molecule has 0 aliphatic heterocycles. The number of carboxylic acids is 1. The number of hydrogen-bond donors (Lipinski definition) is 2. The van der Waals surface area contributed by atoms with Crippen LogP contribution in [0.5, 0.6) is 5.75 Å². The summed E-state index contributed by atoms with van der Waals surface area (Å²) < 4.78 is 5.02. The first-order valence-corrected chi connectivity index (χ1v) is 5.12. The summed E-state index contributed by atoms with van der Waals surface area (Å²) in [7, 11) is 1.51. The van der Waals surface area contributed by atoms with Gasteiger partial charge in [-0.15, -0.1) is 0 Å². The van der Waals surface area contributed by atoms with E-state index in [1.165, 1.54) is 13.3 Å². The van der Waals surface area contributed by atoms with E-state index in [1.807, 2.05) is 0 Å². The van der Waals surface area contributed by atoms with Gasteiger partial charge in [0.1, 0.15) is 11.3 Å². The van der Waals surface area contributed by atoms with Crippen molar-refractivity contribution in [2.24, 2.45) is 0 Å². The maximum absolute atomic E-state index is 10.9. The highest BCUT2D eigenvalue weighted by Crippen LogP contribution is 2.30. The van der Waals surface area contributed by atoms with Gasteiger partial charge in [0, 0.05) is 5.56 Å². The molecule has 2 N–H and O–H groups in total. The Morgan fingerprint density at radius 3 is 2.88 bits per heavy atom. The molecule has 0 aliphatic carbocycles. The third-order valence-electron chi connectivity index (χ3n) is 2.31. The van der Waals surface area contributed by atoms with Crippen LogP contribution in [0.4, 0.5) is 0 Å². The van der Waals surface area contributed by atoms with Crippen LogP contribution < -0.4 is 4.74 Å². The molecular weight excluding hydrogens is 244 g/mol. The van der Waals surface area contributed by atoms with Crippen LogP contribution in [0.1, 0.15) is 10.4 Å². The highest BCUT2D eigenvalue weighted by molar-refractivity contribution is 6.32. The van der Waals surface area contributed by atoms with Crippen molar-refractivity contribution in [3.05, 3.63) is 35.0 Å². The molecule has 0 spiro atoms. The second-order valence-electron chi connectivity index (χ2n) is 3.31. The van der Waals surface area contributed by atoms with E-state index in [4.69, 9.17) is 21.4 Å². The summed E-state index contributed by atoms with van der Waals surface area (Å²) in [6.45, 7) is 0. The van der Waals surface area contributed by atoms with E-state index in [0.29, 0.717) is 22.0 Å². The van der Waals surface area contributed by atoms with Gasteiger partial charge in [-0.25, -0.2) is 4.79 Å². The number of methoxy groups -OCH3 is 1. The van der Waals surface area contributed by atoms with Gasteiger partial charge in [0.2, 0.25) is 0 Å². The number of halogens is 1. The number of nitrogens with zero attached hydrogens (tertiary/aromatic N) is 1. The average Bonchev–Trinajstić information content (AvgIpc) is 2.77. The van der Waals surface area contributed by atoms with E-state index in [9.17, 15) is 4.79 Å². The molecule has 2 rings (SSSR count). The quantitative estimate of drug-likeness (QED) is 0.880. The highest BCUT2D eigenvalue weighted by Gasteiger charge is 2.14. The zero-order valence-electron chi connectivity index (χ0n) is 8.90. The first-order chi connectivity index (χ1) is 8.13. The summed E-state index contributed by atoms with van der Waals surface area (Å²) >= 11 is 5.97. The Bertz CT molecular complexity index is 566. The molecule has 0 bridgehead atoms. The molecule has 2 aromatic rings. The third-order valence-corrected chi connectivity index (χ3v) is 2.61. The Morgan fingerprint density at radius 2 is 2.29 bits per heavy atom. The van der Waals surface area contributed by atoms with Gasteiger partial charge < -0.3 is 9.84 Å². The number of aromatic carboxylic acids is 1. The van der Waals surface area contributed by atoms with Gasteiger partial charge in [-0.3, -0.25) is 5.10 Å². The van der Waals surface area contributed by atoms with Crippen LogP contribution in [0.3, 0.4) is 0 Å². The molecule has 1 aromatic heterocycles. The molecule has 6 heteroatoms. The Kier molecular flexibility index (Phi) is 3.01. The first kappa shape index (κ1) is 11.5. The van der Waals surface area contributed by atoms with E-state index in [1.54, 1.807) is 18.2 Å². The topological polar surface area (TPSA) is 75.2 Å². The zero-order chi connectivity index (χ0) is 12.4. The van der Waals surface area contributed by atoms with Gasteiger partial charge in [-0.1, -0.05) is 11.6 Å². The number of H-pyrrole nitrogens is 1. The highest BCUT2D eigenvalue weighted by atomic mass is 35.5. The van der Waals surface area contributed by atoms with Gasteiger partial charge >= 0.3 is 5.97 Å². The van der Waals surface area contributed by atoms with Crippen molar-refractivity contribution in [1.82, 2.24) is 10.2 Å². The molecule has 88 valence electrons. The maximum atomic E-state index is 10.9. The lowest BCUT2D eigenvalue weighted by molar-refractivity contribution is 0.0698. The molecule has 0 saturated heterocycles. The molecule has 0 saturated carbocycles. The second-order valence-corrected chi connectivity index (χ2v) is 3.72. The van der Waals surface area contributed by atoms with Crippen molar-refractivity contribution in [1.29, 1.82) is 0 Å². The standard InChI is InChI=1S/C11H9ClN2O3/c1-17-9-3-2-6(4-8(9)12)10-7(11(15)16)5-13-14-10/h2-5H,1H3,(H,13,14)(H,15,16). The summed E-state index contributed by atoms with van der Waals surface area (Å²) in [5, 5.41) is 15.7. The molecule has 0 atom stereocenters. The Morgan fingerprint density at radius 1 is 1.53 bits per heavy atom. The summed E-state index contributed by atoms with van der Waals surface area (Å²) in [6.07, 6.45) is 1.26. The fourth-order valence-corrected chi connectivity index (χ4v) is 1.75. The van der Waals surface area contributed by atoms with E-state index in [2.05, 4.69) is 10.2 Å².